The lowest BCUT2D eigenvalue weighted by Gasteiger charge is -2.45. The summed E-state index contributed by atoms with van der Waals surface area (Å²) in [4.78, 5) is 28.7. The van der Waals surface area contributed by atoms with E-state index in [0.717, 1.165) is 25.7 Å². The summed E-state index contributed by atoms with van der Waals surface area (Å²) >= 11 is 0. The summed E-state index contributed by atoms with van der Waals surface area (Å²) in [6, 6.07) is 12.4. The van der Waals surface area contributed by atoms with Crippen LogP contribution in [0.2, 0.25) is 0 Å². The van der Waals surface area contributed by atoms with Crippen LogP contribution in [-0.4, -0.2) is 67.4 Å². The van der Waals surface area contributed by atoms with Crippen molar-refractivity contribution in [3.05, 3.63) is 65.2 Å². The fraction of sp³-hybridized carbons (Fsp3) is 0.562. The summed E-state index contributed by atoms with van der Waals surface area (Å²) in [6.45, 7) is 5.15. The molecule has 4 rings (SSSR count). The highest BCUT2D eigenvalue weighted by molar-refractivity contribution is 5.82. The maximum absolute atomic E-state index is 14.9. The Balaban J connectivity index is 1.46. The van der Waals surface area contributed by atoms with Gasteiger partial charge in [0.05, 0.1) is 13.7 Å². The second kappa shape index (κ2) is 12.3. The van der Waals surface area contributed by atoms with Crippen molar-refractivity contribution in [2.75, 3.05) is 27.7 Å². The minimum atomic E-state index is -1.08. The van der Waals surface area contributed by atoms with Crippen molar-refractivity contribution in [1.29, 1.82) is 0 Å². The minimum Gasteiger partial charge on any atom is -0.485 e. The first-order chi connectivity index (χ1) is 19.3. The van der Waals surface area contributed by atoms with Crippen molar-refractivity contribution in [3.63, 3.8) is 0 Å². The maximum atomic E-state index is 14.9. The molecule has 1 saturated carbocycles. The molecule has 2 aromatic rings. The molecule has 0 spiro atoms. The van der Waals surface area contributed by atoms with Gasteiger partial charge in [-0.1, -0.05) is 30.3 Å². The lowest BCUT2D eigenvalue weighted by molar-refractivity contribution is -0.145. The molecule has 9 heteroatoms. The van der Waals surface area contributed by atoms with Crippen LogP contribution < -0.4 is 4.74 Å². The van der Waals surface area contributed by atoms with Gasteiger partial charge in [0.25, 0.3) is 0 Å². The van der Waals surface area contributed by atoms with Gasteiger partial charge in [0.15, 0.2) is 11.6 Å². The van der Waals surface area contributed by atoms with Gasteiger partial charge in [0.1, 0.15) is 17.7 Å². The SMILES string of the molecule is COC(=O)[C@@H]1C[C@H](Oc2cc(C[C@H]3CC[C@](c4ccccc4)(N(C)C)CC3)cc(F)c2F)CN1C(=O)OC(C)(C)C. The van der Waals surface area contributed by atoms with Crippen LogP contribution in [0.25, 0.3) is 0 Å². The van der Waals surface area contributed by atoms with Gasteiger partial charge in [-0.3, -0.25) is 9.80 Å². The van der Waals surface area contributed by atoms with Gasteiger partial charge < -0.3 is 14.2 Å². The molecule has 2 aliphatic rings. The van der Waals surface area contributed by atoms with Gasteiger partial charge in [-0.2, -0.15) is 4.39 Å². The van der Waals surface area contributed by atoms with E-state index in [9.17, 15) is 18.4 Å². The number of hydrogen-bond donors (Lipinski definition) is 0. The van der Waals surface area contributed by atoms with Crippen molar-refractivity contribution in [2.24, 2.45) is 5.92 Å². The number of likely N-dealkylation sites (tertiary alicyclic amines) is 1. The summed E-state index contributed by atoms with van der Waals surface area (Å²) in [5.41, 5.74) is 1.15. The molecule has 0 unspecified atom stereocenters. The van der Waals surface area contributed by atoms with Crippen LogP contribution in [-0.2, 0) is 26.2 Å². The molecule has 1 heterocycles. The summed E-state index contributed by atoms with van der Waals surface area (Å²) in [5, 5.41) is 0. The van der Waals surface area contributed by atoms with Crippen molar-refractivity contribution in [3.8, 4) is 5.75 Å². The van der Waals surface area contributed by atoms with Crippen molar-refractivity contribution in [1.82, 2.24) is 9.80 Å². The lowest BCUT2D eigenvalue weighted by Crippen LogP contribution is -2.44. The molecule has 7 nitrogen and oxygen atoms in total. The highest BCUT2D eigenvalue weighted by Gasteiger charge is 2.44. The van der Waals surface area contributed by atoms with E-state index < -0.39 is 41.4 Å². The Morgan fingerprint density at radius 2 is 1.73 bits per heavy atom. The third kappa shape index (κ3) is 7.00. The smallest absolute Gasteiger partial charge is 0.411 e. The topological polar surface area (TPSA) is 68.3 Å². The Kier molecular flexibility index (Phi) is 9.26. The van der Waals surface area contributed by atoms with Crippen molar-refractivity contribution in [2.45, 2.75) is 82.6 Å². The third-order valence-electron chi connectivity index (χ3n) is 8.34. The molecule has 224 valence electrons. The molecule has 1 aliphatic carbocycles. The van der Waals surface area contributed by atoms with Crippen LogP contribution in [0.4, 0.5) is 13.6 Å². The van der Waals surface area contributed by atoms with E-state index in [2.05, 4.69) is 43.3 Å². The number of halogens is 2. The number of rotatable bonds is 7. The minimum absolute atomic E-state index is 0.0192. The second-order valence-electron chi connectivity index (χ2n) is 12.5. The summed E-state index contributed by atoms with van der Waals surface area (Å²) in [7, 11) is 5.46. The molecule has 0 bridgehead atoms. The Morgan fingerprint density at radius 3 is 2.32 bits per heavy atom. The number of ether oxygens (including phenoxy) is 3. The number of nitrogens with zero attached hydrogens (tertiary/aromatic N) is 2. The molecule has 0 N–H and O–H groups in total. The average molecular weight is 573 g/mol. The molecular weight excluding hydrogens is 530 g/mol. The van der Waals surface area contributed by atoms with Gasteiger partial charge >= 0.3 is 12.1 Å². The Hall–Kier alpha value is -3.20. The van der Waals surface area contributed by atoms with Crippen molar-refractivity contribution >= 4 is 12.1 Å². The van der Waals surface area contributed by atoms with Crippen LogP contribution in [0.5, 0.6) is 5.75 Å². The molecule has 0 aromatic heterocycles. The zero-order valence-electron chi connectivity index (χ0n) is 24.9. The lowest BCUT2D eigenvalue weighted by atomic mass is 9.70. The fourth-order valence-electron chi connectivity index (χ4n) is 6.20. The predicted octanol–water partition coefficient (Wildman–Crippen LogP) is 6.08. The molecular formula is C32H42F2N2O5. The predicted molar refractivity (Wildman–Crippen MR) is 152 cm³/mol. The molecule has 2 fully saturated rings. The van der Waals surface area contributed by atoms with Gasteiger partial charge in [-0.15, -0.1) is 0 Å². The van der Waals surface area contributed by atoms with Crippen LogP contribution in [0, 0.1) is 17.6 Å². The molecule has 2 atom stereocenters. The molecule has 41 heavy (non-hydrogen) atoms. The van der Waals surface area contributed by atoms with Gasteiger partial charge in [0, 0.05) is 12.0 Å². The highest BCUT2D eigenvalue weighted by Crippen LogP contribution is 2.44. The standard InChI is InChI=1S/C32H42F2N2O5/c1-31(2,3)41-30(38)36-20-24(19-26(36)29(37)39-6)40-27-18-22(17-25(33)28(27)34)16-21-12-14-32(15-13-21,35(4)5)23-10-8-7-9-11-23/h7-11,17-18,21,24,26H,12-16,19-20H2,1-6H3/t21-,24-,26-,32-/m0/s1. The number of esters is 1. The average Bonchev–Trinajstić information content (AvgIpc) is 3.35. The number of amides is 1. The normalized spacial score (nSPS) is 24.8. The first-order valence-corrected chi connectivity index (χ1v) is 14.3. The third-order valence-corrected chi connectivity index (χ3v) is 8.34. The second-order valence-corrected chi connectivity index (χ2v) is 12.5. The first-order valence-electron chi connectivity index (χ1n) is 14.3. The van der Waals surface area contributed by atoms with E-state index in [-0.39, 0.29) is 24.3 Å². The van der Waals surface area contributed by atoms with Gasteiger partial charge in [-0.05, 0) is 96.1 Å². The number of carbonyl (C=O) groups excluding carboxylic acids is 2. The first kappa shape index (κ1) is 30.8. The van der Waals surface area contributed by atoms with Crippen LogP contribution in [0.1, 0.15) is 64.0 Å². The molecule has 0 radical (unpaired) electrons. The summed E-state index contributed by atoms with van der Waals surface area (Å²) < 4.78 is 45.8. The highest BCUT2D eigenvalue weighted by atomic mass is 19.2. The van der Waals surface area contributed by atoms with E-state index in [1.807, 2.05) is 6.07 Å². The number of hydrogen-bond acceptors (Lipinski definition) is 6. The van der Waals surface area contributed by atoms with E-state index in [4.69, 9.17) is 14.2 Å². The largest absolute Gasteiger partial charge is 0.485 e. The zero-order chi connectivity index (χ0) is 29.9. The van der Waals surface area contributed by atoms with Gasteiger partial charge in [-0.25, -0.2) is 14.0 Å². The van der Waals surface area contributed by atoms with Crippen LogP contribution in [0.15, 0.2) is 42.5 Å². The van der Waals surface area contributed by atoms with Crippen molar-refractivity contribution < 1.29 is 32.6 Å². The van der Waals surface area contributed by atoms with E-state index in [1.165, 1.54) is 23.6 Å². The number of methoxy groups -OCH3 is 1. The molecule has 1 saturated heterocycles. The van der Waals surface area contributed by atoms with Crippen LogP contribution >= 0.6 is 0 Å². The Morgan fingerprint density at radius 1 is 1.07 bits per heavy atom. The molecule has 1 aliphatic heterocycles. The fourth-order valence-corrected chi connectivity index (χ4v) is 6.20. The zero-order valence-corrected chi connectivity index (χ0v) is 24.9. The molecule has 2 aromatic carbocycles. The number of benzene rings is 2. The summed E-state index contributed by atoms with van der Waals surface area (Å²) in [5.74, 6) is -2.58. The quantitative estimate of drug-likeness (QED) is 0.375. The van der Waals surface area contributed by atoms with Gasteiger partial charge in [0.2, 0.25) is 5.82 Å². The van der Waals surface area contributed by atoms with E-state index in [1.54, 1.807) is 26.8 Å². The van der Waals surface area contributed by atoms with E-state index in [0.29, 0.717) is 17.9 Å². The van der Waals surface area contributed by atoms with E-state index >= 15 is 0 Å². The monoisotopic (exact) mass is 572 g/mol. The number of carbonyl (C=O) groups is 2. The molecule has 1 amide bonds. The Labute approximate surface area is 241 Å². The Bertz CT molecular complexity index is 1220. The maximum Gasteiger partial charge on any atom is 0.411 e. The summed E-state index contributed by atoms with van der Waals surface area (Å²) in [6.07, 6.45) is 3.10. The van der Waals surface area contributed by atoms with Crippen LogP contribution in [0.3, 0.4) is 0 Å².